The quantitative estimate of drug-likeness (QED) is 0.563. The minimum Gasteiger partial charge on any atom is -0.159 e. The summed E-state index contributed by atoms with van der Waals surface area (Å²) in [6.07, 6.45) is 2.79. The van der Waals surface area contributed by atoms with Gasteiger partial charge >= 0.3 is 0 Å². The first-order valence-electron chi connectivity index (χ1n) is 5.15. The lowest BCUT2D eigenvalue weighted by Crippen LogP contribution is -2.04. The Morgan fingerprint density at radius 1 is 1.00 bits per heavy atom. The van der Waals surface area contributed by atoms with Gasteiger partial charge in [-0.15, -0.1) is 0 Å². The molecule has 0 aliphatic heterocycles. The van der Waals surface area contributed by atoms with Crippen LogP contribution in [0.5, 0.6) is 0 Å². The Kier molecular flexibility index (Phi) is 7.02. The van der Waals surface area contributed by atoms with Crippen molar-refractivity contribution >= 4 is 11.8 Å². The molecule has 0 amide bonds. The van der Waals surface area contributed by atoms with Crippen molar-refractivity contribution in [1.29, 1.82) is 0 Å². The molecule has 0 spiro atoms. The molecule has 0 aromatic carbocycles. The normalized spacial score (nSPS) is 14.2. The smallest absolute Gasteiger partial charge is 0.000968 e. The fourth-order valence-electron chi connectivity index (χ4n) is 1.06. The topological polar surface area (TPSA) is 0 Å². The van der Waals surface area contributed by atoms with Crippen molar-refractivity contribution in [3.05, 3.63) is 0 Å². The van der Waals surface area contributed by atoms with Gasteiger partial charge in [-0.3, -0.25) is 0 Å². The fraction of sp³-hybridized carbons (Fsp3) is 1.00. The van der Waals surface area contributed by atoms with Crippen LogP contribution in [0.4, 0.5) is 0 Å². The minimum atomic E-state index is 0.805. The molecule has 0 rings (SSSR count). The molecule has 0 fully saturated rings. The Labute approximate surface area is 82.5 Å². The van der Waals surface area contributed by atoms with Crippen molar-refractivity contribution in [2.24, 2.45) is 11.8 Å². The molecule has 1 atom stereocenters. The van der Waals surface area contributed by atoms with Crippen LogP contribution in [-0.4, -0.2) is 11.0 Å². The van der Waals surface area contributed by atoms with E-state index in [1.165, 1.54) is 18.6 Å². The van der Waals surface area contributed by atoms with Crippen LogP contribution in [0.2, 0.25) is 0 Å². The highest BCUT2D eigenvalue weighted by Crippen LogP contribution is 2.19. The average molecular weight is 188 g/mol. The first-order chi connectivity index (χ1) is 5.54. The van der Waals surface area contributed by atoms with E-state index in [2.05, 4.69) is 46.4 Å². The van der Waals surface area contributed by atoms with Crippen LogP contribution in [0.15, 0.2) is 0 Å². The van der Waals surface area contributed by atoms with Crippen LogP contribution in [0.1, 0.15) is 47.5 Å². The highest BCUT2D eigenvalue weighted by atomic mass is 32.2. The Morgan fingerprint density at radius 3 is 2.00 bits per heavy atom. The lowest BCUT2D eigenvalue weighted by atomic mass is 9.94. The van der Waals surface area contributed by atoms with Crippen LogP contribution in [0.25, 0.3) is 0 Å². The van der Waals surface area contributed by atoms with Crippen molar-refractivity contribution in [1.82, 2.24) is 0 Å². The van der Waals surface area contributed by atoms with Gasteiger partial charge in [0.2, 0.25) is 0 Å². The molecule has 0 saturated heterocycles. The average Bonchev–Trinajstić information content (AvgIpc) is 1.97. The number of rotatable bonds is 6. The molecule has 0 N–H and O–H groups in total. The maximum Gasteiger partial charge on any atom is -0.000968 e. The SMILES string of the molecule is CC(C)SCCCC(C)C(C)C. The third kappa shape index (κ3) is 7.02. The summed E-state index contributed by atoms with van der Waals surface area (Å²) in [4.78, 5) is 0. The van der Waals surface area contributed by atoms with E-state index in [-0.39, 0.29) is 0 Å². The molecule has 12 heavy (non-hydrogen) atoms. The summed E-state index contributed by atoms with van der Waals surface area (Å²) < 4.78 is 0. The second-order valence-electron chi connectivity index (χ2n) is 4.28. The first-order valence-corrected chi connectivity index (χ1v) is 6.20. The van der Waals surface area contributed by atoms with Gasteiger partial charge in [-0.25, -0.2) is 0 Å². The lowest BCUT2D eigenvalue weighted by Gasteiger charge is -2.15. The zero-order valence-electron chi connectivity index (χ0n) is 9.26. The minimum absolute atomic E-state index is 0.805. The molecule has 74 valence electrons. The first kappa shape index (κ1) is 12.3. The van der Waals surface area contributed by atoms with Crippen LogP contribution < -0.4 is 0 Å². The van der Waals surface area contributed by atoms with Gasteiger partial charge in [-0.1, -0.05) is 34.6 Å². The van der Waals surface area contributed by atoms with E-state index in [4.69, 9.17) is 0 Å². The zero-order chi connectivity index (χ0) is 9.56. The van der Waals surface area contributed by atoms with E-state index in [9.17, 15) is 0 Å². The molecule has 0 aliphatic carbocycles. The standard InChI is InChI=1S/C11H24S/c1-9(2)11(5)7-6-8-12-10(3)4/h9-11H,6-8H2,1-5H3. The molecular formula is C11H24S. The Bertz CT molecular complexity index is 97.2. The predicted molar refractivity (Wildman–Crippen MR) is 60.8 cm³/mol. The molecule has 0 bridgehead atoms. The van der Waals surface area contributed by atoms with Crippen LogP contribution in [-0.2, 0) is 0 Å². The predicted octanol–water partition coefficient (Wildman–Crippen LogP) is 4.20. The van der Waals surface area contributed by atoms with Gasteiger partial charge in [0.05, 0.1) is 0 Å². The van der Waals surface area contributed by atoms with Crippen molar-refractivity contribution in [3.63, 3.8) is 0 Å². The van der Waals surface area contributed by atoms with E-state index >= 15 is 0 Å². The monoisotopic (exact) mass is 188 g/mol. The summed E-state index contributed by atoms with van der Waals surface area (Å²) in [5.41, 5.74) is 0. The van der Waals surface area contributed by atoms with Gasteiger partial charge < -0.3 is 0 Å². The molecular weight excluding hydrogens is 164 g/mol. The van der Waals surface area contributed by atoms with Crippen LogP contribution in [0, 0.1) is 11.8 Å². The fourth-order valence-corrected chi connectivity index (χ4v) is 1.86. The van der Waals surface area contributed by atoms with Gasteiger partial charge in [0.15, 0.2) is 0 Å². The van der Waals surface area contributed by atoms with Gasteiger partial charge in [0.25, 0.3) is 0 Å². The maximum atomic E-state index is 2.37. The molecule has 0 nitrogen and oxygen atoms in total. The Morgan fingerprint density at radius 2 is 1.58 bits per heavy atom. The van der Waals surface area contributed by atoms with Crippen molar-refractivity contribution < 1.29 is 0 Å². The molecule has 0 saturated carbocycles. The lowest BCUT2D eigenvalue weighted by molar-refractivity contribution is 0.390. The molecule has 0 aromatic rings. The third-order valence-electron chi connectivity index (χ3n) is 2.39. The number of hydrogen-bond donors (Lipinski definition) is 0. The zero-order valence-corrected chi connectivity index (χ0v) is 10.1. The molecule has 1 unspecified atom stereocenters. The maximum absolute atomic E-state index is 2.37. The van der Waals surface area contributed by atoms with Crippen molar-refractivity contribution in [2.75, 3.05) is 5.75 Å². The second-order valence-corrected chi connectivity index (χ2v) is 5.97. The highest BCUT2D eigenvalue weighted by Gasteiger charge is 2.06. The number of thioether (sulfide) groups is 1. The summed E-state index contributed by atoms with van der Waals surface area (Å²) in [6.45, 7) is 11.6. The summed E-state index contributed by atoms with van der Waals surface area (Å²) in [5, 5.41) is 0.805. The summed E-state index contributed by atoms with van der Waals surface area (Å²) >= 11 is 2.08. The number of hydrogen-bond acceptors (Lipinski definition) is 1. The van der Waals surface area contributed by atoms with Crippen molar-refractivity contribution in [3.8, 4) is 0 Å². The van der Waals surface area contributed by atoms with E-state index in [0.29, 0.717) is 0 Å². The molecule has 0 aliphatic rings. The van der Waals surface area contributed by atoms with Gasteiger partial charge in [0.1, 0.15) is 0 Å². The van der Waals surface area contributed by atoms with E-state index in [1.54, 1.807) is 0 Å². The van der Waals surface area contributed by atoms with Crippen molar-refractivity contribution in [2.45, 2.75) is 52.7 Å². The molecule has 0 heterocycles. The third-order valence-corrected chi connectivity index (χ3v) is 3.58. The highest BCUT2D eigenvalue weighted by molar-refractivity contribution is 7.99. The van der Waals surface area contributed by atoms with Crippen LogP contribution in [0.3, 0.4) is 0 Å². The Hall–Kier alpha value is 0.350. The van der Waals surface area contributed by atoms with Gasteiger partial charge in [-0.2, -0.15) is 11.8 Å². The van der Waals surface area contributed by atoms with Crippen LogP contribution >= 0.6 is 11.8 Å². The van der Waals surface area contributed by atoms with E-state index in [0.717, 1.165) is 17.1 Å². The van der Waals surface area contributed by atoms with E-state index < -0.39 is 0 Å². The summed E-state index contributed by atoms with van der Waals surface area (Å²) in [7, 11) is 0. The van der Waals surface area contributed by atoms with Gasteiger partial charge in [-0.05, 0) is 35.7 Å². The Balaban J connectivity index is 3.20. The molecule has 0 radical (unpaired) electrons. The summed E-state index contributed by atoms with van der Waals surface area (Å²) in [6, 6.07) is 0. The van der Waals surface area contributed by atoms with Gasteiger partial charge in [0, 0.05) is 0 Å². The molecule has 0 aromatic heterocycles. The summed E-state index contributed by atoms with van der Waals surface area (Å²) in [5.74, 6) is 3.10. The second kappa shape index (κ2) is 6.82. The molecule has 1 heteroatoms. The van der Waals surface area contributed by atoms with E-state index in [1.807, 2.05) is 0 Å². The largest absolute Gasteiger partial charge is 0.159 e.